The van der Waals surface area contributed by atoms with Crippen LogP contribution in [0.1, 0.15) is 34.3 Å². The van der Waals surface area contributed by atoms with Gasteiger partial charge in [0.1, 0.15) is 11.6 Å². The van der Waals surface area contributed by atoms with Gasteiger partial charge < -0.3 is 5.32 Å². The summed E-state index contributed by atoms with van der Waals surface area (Å²) < 4.78 is 27.4. The van der Waals surface area contributed by atoms with E-state index in [0.717, 1.165) is 0 Å². The van der Waals surface area contributed by atoms with Crippen LogP contribution >= 0.6 is 0 Å². The third-order valence-corrected chi connectivity index (χ3v) is 3.68. The molecule has 0 bridgehead atoms. The molecule has 2 aromatic carbocycles. The first-order valence-corrected chi connectivity index (χ1v) is 7.39. The summed E-state index contributed by atoms with van der Waals surface area (Å²) in [7, 11) is 1.69. The molecule has 0 aliphatic rings. The van der Waals surface area contributed by atoms with Gasteiger partial charge >= 0.3 is 0 Å². The molecule has 0 fully saturated rings. The molecule has 122 valence electrons. The molecule has 2 aromatic rings. The third-order valence-electron chi connectivity index (χ3n) is 3.68. The number of carbonyl (C=O) groups excluding carboxylic acids is 1. The van der Waals surface area contributed by atoms with Gasteiger partial charge in [-0.25, -0.2) is 8.78 Å². The van der Waals surface area contributed by atoms with Crippen LogP contribution in [0.25, 0.3) is 5.70 Å². The number of ketones is 1. The van der Waals surface area contributed by atoms with E-state index in [4.69, 9.17) is 6.42 Å². The van der Waals surface area contributed by atoms with Gasteiger partial charge in [0.15, 0.2) is 5.78 Å². The van der Waals surface area contributed by atoms with Crippen molar-refractivity contribution in [2.24, 2.45) is 0 Å². The highest BCUT2D eigenvalue weighted by molar-refractivity contribution is 5.96. The number of hydrogen-bond donors (Lipinski definition) is 1. The number of carbonyl (C=O) groups is 1. The molecule has 0 saturated heterocycles. The maximum Gasteiger partial charge on any atom is 0.160 e. The number of allylic oxidation sites excluding steroid dienone is 1. The van der Waals surface area contributed by atoms with Gasteiger partial charge in [-0.3, -0.25) is 4.79 Å². The Labute approximate surface area is 140 Å². The van der Waals surface area contributed by atoms with Crippen LogP contribution in [0, 0.1) is 24.0 Å². The Balaban J connectivity index is 2.54. The molecule has 0 aromatic heterocycles. The van der Waals surface area contributed by atoms with Crippen molar-refractivity contribution in [1.82, 2.24) is 5.32 Å². The molecule has 4 heteroatoms. The maximum atomic E-state index is 14.3. The van der Waals surface area contributed by atoms with E-state index in [2.05, 4.69) is 11.2 Å². The molecule has 2 nitrogen and oxygen atoms in total. The second-order valence-corrected chi connectivity index (χ2v) is 5.24. The van der Waals surface area contributed by atoms with Gasteiger partial charge in [-0.05, 0) is 36.8 Å². The van der Waals surface area contributed by atoms with Crippen LogP contribution in [0.3, 0.4) is 0 Å². The Bertz CT molecular complexity index is 817. The molecule has 1 unspecified atom stereocenters. The topological polar surface area (TPSA) is 29.1 Å². The molecule has 0 aliphatic heterocycles. The number of hydrogen-bond acceptors (Lipinski definition) is 2. The molecule has 0 aliphatic carbocycles. The quantitative estimate of drug-likeness (QED) is 0.661. The minimum Gasteiger partial charge on any atom is -0.388 e. The fourth-order valence-corrected chi connectivity index (χ4v) is 2.49. The summed E-state index contributed by atoms with van der Waals surface area (Å²) in [6.45, 7) is 1.37. The second kappa shape index (κ2) is 7.56. The molecule has 0 radical (unpaired) electrons. The largest absolute Gasteiger partial charge is 0.388 e. The average Bonchev–Trinajstić information content (AvgIpc) is 2.57. The first-order valence-electron chi connectivity index (χ1n) is 7.39. The zero-order valence-electron chi connectivity index (χ0n) is 13.4. The van der Waals surface area contributed by atoms with Crippen LogP contribution in [-0.4, -0.2) is 12.8 Å². The molecule has 1 atom stereocenters. The van der Waals surface area contributed by atoms with E-state index < -0.39 is 11.7 Å². The molecule has 0 heterocycles. The van der Waals surface area contributed by atoms with Crippen LogP contribution in [0.15, 0.2) is 48.5 Å². The monoisotopic (exact) mass is 325 g/mol. The van der Waals surface area contributed by atoms with E-state index >= 15 is 0 Å². The first-order chi connectivity index (χ1) is 11.5. The lowest BCUT2D eigenvalue weighted by Gasteiger charge is -2.15. The van der Waals surface area contributed by atoms with E-state index in [1.165, 1.54) is 31.2 Å². The normalized spacial score (nSPS) is 12.4. The van der Waals surface area contributed by atoms with Crippen molar-refractivity contribution >= 4 is 11.5 Å². The summed E-state index contributed by atoms with van der Waals surface area (Å²) in [6.07, 6.45) is 7.24. The van der Waals surface area contributed by atoms with E-state index in [1.807, 2.05) is 0 Å². The van der Waals surface area contributed by atoms with Crippen LogP contribution in [0.2, 0.25) is 0 Å². The Morgan fingerprint density at radius 2 is 1.88 bits per heavy atom. The van der Waals surface area contributed by atoms with Crippen molar-refractivity contribution in [3.8, 4) is 12.3 Å². The minimum absolute atomic E-state index is 0.169. The minimum atomic E-state index is -0.738. The van der Waals surface area contributed by atoms with Crippen LogP contribution in [0.5, 0.6) is 0 Å². The number of Topliss-reactive ketones (excluding diaryl/α,β-unsaturated/α-hetero) is 1. The van der Waals surface area contributed by atoms with Gasteiger partial charge in [-0.15, -0.1) is 6.42 Å². The fraction of sp³-hybridized carbons (Fsp3) is 0.150. The molecule has 0 spiro atoms. The van der Waals surface area contributed by atoms with Crippen LogP contribution in [0.4, 0.5) is 8.78 Å². The van der Waals surface area contributed by atoms with Crippen molar-refractivity contribution in [1.29, 1.82) is 0 Å². The highest BCUT2D eigenvalue weighted by atomic mass is 19.1. The summed E-state index contributed by atoms with van der Waals surface area (Å²) in [5, 5.41) is 2.98. The smallest absolute Gasteiger partial charge is 0.160 e. The third kappa shape index (κ3) is 3.69. The van der Waals surface area contributed by atoms with Crippen molar-refractivity contribution in [2.45, 2.75) is 12.8 Å². The van der Waals surface area contributed by atoms with Gasteiger partial charge in [-0.2, -0.15) is 0 Å². The Morgan fingerprint density at radius 3 is 2.42 bits per heavy atom. The number of halogens is 2. The standard InChI is InChI=1S/C20H17F2NO/c1-4-14(20-17(13(2)24)6-5-7-18(20)22)12-19(23-3)15-8-10-16(21)11-9-15/h1,5-12,14,23H,2-3H3/b19-12-. The van der Waals surface area contributed by atoms with Gasteiger partial charge in [0.25, 0.3) is 0 Å². The molecule has 2 rings (SSSR count). The summed E-state index contributed by atoms with van der Waals surface area (Å²) in [4.78, 5) is 11.8. The SMILES string of the molecule is C#CC(/C=C(\NC)c1ccc(F)cc1)c1c(F)cccc1C(C)=O. The molecule has 1 N–H and O–H groups in total. The van der Waals surface area contributed by atoms with Crippen molar-refractivity contribution in [2.75, 3.05) is 7.05 Å². The predicted molar refractivity (Wildman–Crippen MR) is 91.4 cm³/mol. The number of rotatable bonds is 5. The van der Waals surface area contributed by atoms with Gasteiger partial charge in [0.2, 0.25) is 0 Å². The molecule has 0 amide bonds. The summed E-state index contributed by atoms with van der Waals surface area (Å²) in [6, 6.07) is 10.2. The number of terminal acetylenes is 1. The second-order valence-electron chi connectivity index (χ2n) is 5.24. The zero-order chi connectivity index (χ0) is 17.7. The summed E-state index contributed by atoms with van der Waals surface area (Å²) in [5.41, 5.74) is 1.75. The van der Waals surface area contributed by atoms with Crippen LogP contribution in [-0.2, 0) is 0 Å². The molecular formula is C20H17F2NO. The first kappa shape index (κ1) is 17.4. The predicted octanol–water partition coefficient (Wildman–Crippen LogP) is 4.14. The van der Waals surface area contributed by atoms with Gasteiger partial charge in [0.05, 0.1) is 5.92 Å². The van der Waals surface area contributed by atoms with Gasteiger partial charge in [-0.1, -0.05) is 30.2 Å². The highest BCUT2D eigenvalue weighted by Crippen LogP contribution is 2.27. The van der Waals surface area contributed by atoms with Crippen molar-refractivity contribution < 1.29 is 13.6 Å². The Morgan fingerprint density at radius 1 is 1.21 bits per heavy atom. The summed E-state index contributed by atoms with van der Waals surface area (Å²) in [5.74, 6) is 0.639. The van der Waals surface area contributed by atoms with E-state index in [0.29, 0.717) is 11.3 Å². The molecular weight excluding hydrogens is 308 g/mol. The maximum absolute atomic E-state index is 14.3. The highest BCUT2D eigenvalue weighted by Gasteiger charge is 2.19. The average molecular weight is 325 g/mol. The lowest BCUT2D eigenvalue weighted by Crippen LogP contribution is -2.10. The lowest BCUT2D eigenvalue weighted by molar-refractivity contribution is 0.101. The Kier molecular flexibility index (Phi) is 5.49. The van der Waals surface area contributed by atoms with Crippen molar-refractivity contribution in [3.05, 3.63) is 76.9 Å². The molecule has 0 saturated carbocycles. The zero-order valence-corrected chi connectivity index (χ0v) is 13.4. The van der Waals surface area contributed by atoms with Crippen LogP contribution < -0.4 is 5.32 Å². The Hall–Kier alpha value is -2.93. The van der Waals surface area contributed by atoms with E-state index in [1.54, 1.807) is 31.3 Å². The van der Waals surface area contributed by atoms with Gasteiger partial charge in [0, 0.05) is 23.9 Å². The lowest BCUT2D eigenvalue weighted by atomic mass is 9.91. The number of benzene rings is 2. The number of nitrogens with one attached hydrogen (secondary N) is 1. The fourth-order valence-electron chi connectivity index (χ4n) is 2.49. The van der Waals surface area contributed by atoms with E-state index in [9.17, 15) is 13.6 Å². The van der Waals surface area contributed by atoms with E-state index in [-0.39, 0.29) is 22.7 Å². The molecule has 24 heavy (non-hydrogen) atoms. The van der Waals surface area contributed by atoms with Crippen molar-refractivity contribution in [3.63, 3.8) is 0 Å². The summed E-state index contributed by atoms with van der Waals surface area (Å²) >= 11 is 0.